The van der Waals surface area contributed by atoms with Gasteiger partial charge in [-0.15, -0.1) is 0 Å². The SMILES string of the molecule is CC1=CC=C(/C(C)=C/CC(C)C2CCC(C)CC2)CC1. The van der Waals surface area contributed by atoms with Crippen LogP contribution in [0.1, 0.15) is 72.6 Å². The molecule has 0 aliphatic heterocycles. The van der Waals surface area contributed by atoms with Gasteiger partial charge in [0.1, 0.15) is 0 Å². The fraction of sp³-hybridized carbons (Fsp3) is 0.700. The van der Waals surface area contributed by atoms with E-state index in [0.717, 1.165) is 17.8 Å². The van der Waals surface area contributed by atoms with Gasteiger partial charge in [0.2, 0.25) is 0 Å². The lowest BCUT2D eigenvalue weighted by atomic mass is 9.76. The predicted octanol–water partition coefficient (Wildman–Crippen LogP) is 6.45. The van der Waals surface area contributed by atoms with Crippen LogP contribution in [0.25, 0.3) is 0 Å². The molecule has 1 atom stereocenters. The van der Waals surface area contributed by atoms with E-state index >= 15 is 0 Å². The summed E-state index contributed by atoms with van der Waals surface area (Å²) in [5.41, 5.74) is 4.59. The molecule has 2 rings (SSSR count). The van der Waals surface area contributed by atoms with Crippen LogP contribution in [0.3, 0.4) is 0 Å². The van der Waals surface area contributed by atoms with Gasteiger partial charge in [-0.2, -0.15) is 0 Å². The molecule has 0 amide bonds. The van der Waals surface area contributed by atoms with Gasteiger partial charge in [-0.3, -0.25) is 0 Å². The van der Waals surface area contributed by atoms with Crippen molar-refractivity contribution in [2.45, 2.75) is 72.6 Å². The first-order valence-electron chi connectivity index (χ1n) is 8.59. The summed E-state index contributed by atoms with van der Waals surface area (Å²) in [6.07, 6.45) is 16.7. The molecule has 20 heavy (non-hydrogen) atoms. The Kier molecular flexibility index (Phi) is 5.69. The molecule has 2 aliphatic carbocycles. The fourth-order valence-corrected chi connectivity index (χ4v) is 3.61. The maximum absolute atomic E-state index is 2.50. The summed E-state index contributed by atoms with van der Waals surface area (Å²) >= 11 is 0. The van der Waals surface area contributed by atoms with E-state index in [9.17, 15) is 0 Å². The molecular formula is C20H32. The molecular weight excluding hydrogens is 240 g/mol. The van der Waals surface area contributed by atoms with Gasteiger partial charge in [0.05, 0.1) is 0 Å². The van der Waals surface area contributed by atoms with Crippen LogP contribution in [0.2, 0.25) is 0 Å². The zero-order valence-corrected chi connectivity index (χ0v) is 13.9. The Bertz CT molecular complexity index is 400. The molecule has 1 fully saturated rings. The molecule has 0 aromatic carbocycles. The van der Waals surface area contributed by atoms with E-state index in [2.05, 4.69) is 45.9 Å². The Labute approximate surface area is 126 Å². The molecule has 1 saturated carbocycles. The zero-order valence-electron chi connectivity index (χ0n) is 13.9. The second kappa shape index (κ2) is 7.29. The van der Waals surface area contributed by atoms with Crippen LogP contribution in [0.4, 0.5) is 0 Å². The lowest BCUT2D eigenvalue weighted by molar-refractivity contribution is 0.224. The molecule has 0 N–H and O–H groups in total. The molecule has 0 radical (unpaired) electrons. The van der Waals surface area contributed by atoms with Crippen LogP contribution in [0, 0.1) is 17.8 Å². The number of hydrogen-bond donors (Lipinski definition) is 0. The van der Waals surface area contributed by atoms with Crippen LogP contribution in [0.15, 0.2) is 34.9 Å². The largest absolute Gasteiger partial charge is 0.0810 e. The molecule has 0 heteroatoms. The molecule has 112 valence electrons. The van der Waals surface area contributed by atoms with E-state index in [-0.39, 0.29) is 0 Å². The second-order valence-corrected chi connectivity index (χ2v) is 7.32. The van der Waals surface area contributed by atoms with Crippen LogP contribution in [-0.4, -0.2) is 0 Å². The number of allylic oxidation sites excluding steroid dienone is 6. The van der Waals surface area contributed by atoms with Crippen LogP contribution in [0.5, 0.6) is 0 Å². The summed E-state index contributed by atoms with van der Waals surface area (Å²) in [5.74, 6) is 2.80. The minimum atomic E-state index is 0.860. The van der Waals surface area contributed by atoms with Crippen molar-refractivity contribution in [3.8, 4) is 0 Å². The molecule has 0 aromatic heterocycles. The van der Waals surface area contributed by atoms with Crippen molar-refractivity contribution >= 4 is 0 Å². The Morgan fingerprint density at radius 1 is 1.20 bits per heavy atom. The van der Waals surface area contributed by atoms with E-state index in [4.69, 9.17) is 0 Å². The molecule has 0 heterocycles. The van der Waals surface area contributed by atoms with E-state index in [0.29, 0.717) is 0 Å². The highest BCUT2D eigenvalue weighted by Gasteiger charge is 2.22. The van der Waals surface area contributed by atoms with E-state index in [1.165, 1.54) is 56.1 Å². The summed E-state index contributed by atoms with van der Waals surface area (Å²) in [6.45, 7) is 9.41. The summed E-state index contributed by atoms with van der Waals surface area (Å²) in [4.78, 5) is 0. The van der Waals surface area contributed by atoms with Crippen molar-refractivity contribution in [2.24, 2.45) is 17.8 Å². The second-order valence-electron chi connectivity index (χ2n) is 7.32. The van der Waals surface area contributed by atoms with Crippen molar-refractivity contribution in [3.63, 3.8) is 0 Å². The summed E-state index contributed by atoms with van der Waals surface area (Å²) < 4.78 is 0. The highest BCUT2D eigenvalue weighted by Crippen LogP contribution is 2.35. The van der Waals surface area contributed by atoms with Crippen LogP contribution >= 0.6 is 0 Å². The zero-order chi connectivity index (χ0) is 14.5. The van der Waals surface area contributed by atoms with Gasteiger partial charge in [0.15, 0.2) is 0 Å². The van der Waals surface area contributed by atoms with Gasteiger partial charge in [-0.1, -0.05) is 56.1 Å². The minimum absolute atomic E-state index is 0.860. The van der Waals surface area contributed by atoms with E-state index in [1.807, 2.05) is 0 Å². The maximum Gasteiger partial charge on any atom is -0.0239 e. The third-order valence-corrected chi connectivity index (χ3v) is 5.53. The highest BCUT2D eigenvalue weighted by molar-refractivity contribution is 5.36. The fourth-order valence-electron chi connectivity index (χ4n) is 3.61. The Hall–Kier alpha value is -0.780. The lowest BCUT2D eigenvalue weighted by Gasteiger charge is -2.30. The van der Waals surface area contributed by atoms with Gasteiger partial charge in [-0.25, -0.2) is 0 Å². The first-order valence-corrected chi connectivity index (χ1v) is 8.59. The van der Waals surface area contributed by atoms with Gasteiger partial charge >= 0.3 is 0 Å². The van der Waals surface area contributed by atoms with Crippen molar-refractivity contribution in [2.75, 3.05) is 0 Å². The normalized spacial score (nSPS) is 29.7. The third kappa shape index (κ3) is 4.36. The van der Waals surface area contributed by atoms with Gasteiger partial charge < -0.3 is 0 Å². The first-order chi connectivity index (χ1) is 9.56. The molecule has 0 aromatic rings. The Morgan fingerprint density at radius 3 is 2.50 bits per heavy atom. The average molecular weight is 272 g/mol. The Morgan fingerprint density at radius 2 is 1.90 bits per heavy atom. The smallest absolute Gasteiger partial charge is 0.0239 e. The molecule has 0 spiro atoms. The quantitative estimate of drug-likeness (QED) is 0.551. The molecule has 1 unspecified atom stereocenters. The minimum Gasteiger partial charge on any atom is -0.0810 e. The lowest BCUT2D eigenvalue weighted by Crippen LogP contribution is -2.18. The van der Waals surface area contributed by atoms with E-state index < -0.39 is 0 Å². The first kappa shape index (κ1) is 15.6. The van der Waals surface area contributed by atoms with Crippen molar-refractivity contribution < 1.29 is 0 Å². The van der Waals surface area contributed by atoms with Crippen molar-refractivity contribution in [1.82, 2.24) is 0 Å². The van der Waals surface area contributed by atoms with Crippen LogP contribution in [-0.2, 0) is 0 Å². The number of rotatable bonds is 4. The molecule has 2 aliphatic rings. The maximum atomic E-state index is 2.50. The third-order valence-electron chi connectivity index (χ3n) is 5.53. The molecule has 0 saturated heterocycles. The predicted molar refractivity (Wildman–Crippen MR) is 89.7 cm³/mol. The monoisotopic (exact) mass is 272 g/mol. The van der Waals surface area contributed by atoms with Gasteiger partial charge in [0.25, 0.3) is 0 Å². The average Bonchev–Trinajstić information content (AvgIpc) is 2.46. The summed E-state index contributed by atoms with van der Waals surface area (Å²) in [6, 6.07) is 0. The highest BCUT2D eigenvalue weighted by atomic mass is 14.3. The topological polar surface area (TPSA) is 0 Å². The summed E-state index contributed by atoms with van der Waals surface area (Å²) in [7, 11) is 0. The van der Waals surface area contributed by atoms with Crippen molar-refractivity contribution in [1.29, 1.82) is 0 Å². The number of hydrogen-bond acceptors (Lipinski definition) is 0. The molecule has 0 nitrogen and oxygen atoms in total. The Balaban J connectivity index is 1.85. The van der Waals surface area contributed by atoms with Gasteiger partial charge in [0, 0.05) is 0 Å². The van der Waals surface area contributed by atoms with Gasteiger partial charge in [-0.05, 0) is 69.3 Å². The molecule has 0 bridgehead atoms. The van der Waals surface area contributed by atoms with E-state index in [1.54, 1.807) is 5.57 Å². The van der Waals surface area contributed by atoms with Crippen LogP contribution < -0.4 is 0 Å². The van der Waals surface area contributed by atoms with Crippen molar-refractivity contribution in [3.05, 3.63) is 34.9 Å². The standard InChI is InChI=1S/C20H32/c1-15-5-11-19(12-6-15)17(3)9-10-18(4)20-13-7-16(2)8-14-20/h5,9,11,16,18,20H,6-8,10,12-14H2,1-4H3/b17-9+. The summed E-state index contributed by atoms with van der Waals surface area (Å²) in [5, 5.41) is 0.